The van der Waals surface area contributed by atoms with E-state index in [-0.39, 0.29) is 122 Å². The van der Waals surface area contributed by atoms with Crippen molar-refractivity contribution in [3.63, 3.8) is 0 Å². The first-order valence-corrected chi connectivity index (χ1v) is 45.3. The molecular formula is C93H146O30. The lowest BCUT2D eigenvalue weighted by molar-refractivity contribution is -0.188. The lowest BCUT2D eigenvalue weighted by atomic mass is 9.69. The van der Waals surface area contributed by atoms with Gasteiger partial charge in [0.25, 0.3) is 0 Å². The molecule has 39 unspecified atom stereocenters. The number of hydrogen-bond acceptors (Lipinski definition) is 25. The Morgan fingerprint density at radius 1 is 0.358 bits per heavy atom. The molecule has 0 radical (unpaired) electrons. The molecule has 1 heterocycles. The third-order valence-corrected chi connectivity index (χ3v) is 31.9. The first-order chi connectivity index (χ1) is 57.3. The smallest absolute Gasteiger partial charge is 0.312 e. The molecule has 13 aliphatic rings. The Morgan fingerprint density at radius 2 is 0.610 bits per heavy atom. The summed E-state index contributed by atoms with van der Waals surface area (Å²) in [7, 11) is 1.44. The second kappa shape index (κ2) is 41.8. The van der Waals surface area contributed by atoms with Crippen molar-refractivity contribution < 1.29 is 145 Å². The Balaban J connectivity index is 0.000000184. The van der Waals surface area contributed by atoms with E-state index in [1.165, 1.54) is 7.11 Å². The van der Waals surface area contributed by atoms with Gasteiger partial charge in [-0.25, -0.2) is 0 Å². The number of hydrogen-bond donors (Lipinski definition) is 5. The average Bonchev–Trinajstić information content (AvgIpc) is 1.64. The molecule has 5 N–H and O–H groups in total. The number of cyclic esters (lactones) is 1. The van der Waals surface area contributed by atoms with Gasteiger partial charge in [-0.15, -0.1) is 0 Å². The van der Waals surface area contributed by atoms with Gasteiger partial charge >= 0.3 is 77.6 Å². The second-order valence-corrected chi connectivity index (χ2v) is 40.8. The van der Waals surface area contributed by atoms with Gasteiger partial charge < -0.3 is 82.4 Å². The number of aliphatic carboxylic acids is 5. The van der Waals surface area contributed by atoms with E-state index in [9.17, 15) is 87.9 Å². The third-order valence-electron chi connectivity index (χ3n) is 31.9. The number of fused-ring (bicyclic) bond motifs is 12. The van der Waals surface area contributed by atoms with E-state index in [0.29, 0.717) is 96.8 Å². The highest BCUT2D eigenvalue weighted by atomic mass is 16.7. The van der Waals surface area contributed by atoms with Gasteiger partial charge in [0.05, 0.1) is 84.0 Å². The maximum absolute atomic E-state index is 12.8. The number of esters is 8. The van der Waals surface area contributed by atoms with Crippen LogP contribution in [-0.4, -0.2) is 180 Å². The monoisotopic (exact) mass is 1740 g/mol. The number of methoxy groups -OCH3 is 1. The molecule has 30 heteroatoms. The number of rotatable bonds is 25. The summed E-state index contributed by atoms with van der Waals surface area (Å²) in [6, 6.07) is 0. The minimum atomic E-state index is -0.874. The quantitative estimate of drug-likeness (QED) is 0.0245. The molecule has 39 atom stereocenters. The van der Waals surface area contributed by atoms with Gasteiger partial charge in [0.15, 0.2) is 26.2 Å². The van der Waals surface area contributed by atoms with Crippen LogP contribution in [0.15, 0.2) is 0 Å². The molecule has 0 spiro atoms. The zero-order valence-corrected chi connectivity index (χ0v) is 77.2. The number of carbonyl (C=O) groups excluding carboxylic acids is 8. The number of carbonyl (C=O) groups is 13. The Morgan fingerprint density at radius 3 is 0.854 bits per heavy atom. The van der Waals surface area contributed by atoms with E-state index in [1.807, 2.05) is 69.2 Å². The molecule has 30 nitrogen and oxygen atoms in total. The van der Waals surface area contributed by atoms with Crippen molar-refractivity contribution in [1.29, 1.82) is 0 Å². The summed E-state index contributed by atoms with van der Waals surface area (Å²) in [4.78, 5) is 156. The van der Waals surface area contributed by atoms with Crippen LogP contribution in [0.1, 0.15) is 211 Å². The number of carboxylic acid groups (broad SMARTS) is 5. The Bertz CT molecular complexity index is 3730. The van der Waals surface area contributed by atoms with Gasteiger partial charge in [0.2, 0.25) is 0 Å². The van der Waals surface area contributed by atoms with Crippen molar-refractivity contribution in [2.24, 2.45) is 219 Å². The summed E-state index contributed by atoms with van der Waals surface area (Å²) in [5.41, 5.74) is -1.15. The predicted octanol–water partition coefficient (Wildman–Crippen LogP) is 13.0. The van der Waals surface area contributed by atoms with E-state index >= 15 is 0 Å². The number of carboxylic acids is 5. The molecule has 0 aromatic carbocycles. The largest absolute Gasteiger partial charge is 0.481 e. The van der Waals surface area contributed by atoms with Crippen molar-refractivity contribution in [3.8, 4) is 0 Å². The molecule has 1 aliphatic heterocycles. The van der Waals surface area contributed by atoms with Crippen LogP contribution in [0.5, 0.6) is 0 Å². The molecule has 0 amide bonds. The van der Waals surface area contributed by atoms with Crippen LogP contribution in [0.3, 0.4) is 0 Å². The molecule has 0 aromatic rings. The van der Waals surface area contributed by atoms with E-state index in [2.05, 4.69) is 83.1 Å². The first-order valence-electron chi connectivity index (χ1n) is 45.3. The van der Waals surface area contributed by atoms with Crippen molar-refractivity contribution in [3.05, 3.63) is 0 Å². The van der Waals surface area contributed by atoms with Crippen LogP contribution in [0.25, 0.3) is 0 Å². The van der Waals surface area contributed by atoms with Gasteiger partial charge in [0.1, 0.15) is 23.9 Å². The fourth-order valence-corrected chi connectivity index (χ4v) is 25.1. The van der Waals surface area contributed by atoms with E-state index in [1.54, 1.807) is 13.8 Å². The molecule has 12 aliphatic carbocycles. The van der Waals surface area contributed by atoms with Crippen LogP contribution in [0.2, 0.25) is 0 Å². The van der Waals surface area contributed by atoms with Gasteiger partial charge in [0, 0.05) is 20.3 Å². The van der Waals surface area contributed by atoms with E-state index < -0.39 is 155 Å². The summed E-state index contributed by atoms with van der Waals surface area (Å²) in [5, 5.41) is 47.2. The second-order valence-electron chi connectivity index (χ2n) is 40.8. The van der Waals surface area contributed by atoms with E-state index in [4.69, 9.17) is 56.8 Å². The van der Waals surface area contributed by atoms with E-state index in [0.717, 1.165) is 38.5 Å². The number of ether oxygens (including phenoxy) is 12. The van der Waals surface area contributed by atoms with Crippen molar-refractivity contribution >= 4 is 77.6 Å². The molecule has 13 rings (SSSR count). The standard InChI is InChI=1S/C19H28O6.C17H28O5.C15H24O5.C15H24O4.C14H22O5.C13H20O5/c1-9-10(2)13-7-12(9)15(16(13)18(22)25-19(3,4)5)17(21)24-11-6-14(20)23-8-11;1-8(2)7-21-11(5)22-17(20)15-13-6-12(9(3)10(13)4)14(15)16(18)19;1-5-19-9(4)20-15(18)13-11-6-10(7(2)8(11)3)12(13)14(16)17;1-7-8(2)10-6-9(7)11(13(16)17)12(10)14(18)19-15(3,4)5;1-4-18-6-19-14(17)12-10-5-9(7(2)8(10)3)11(12)13(15)16;1-6-7(2)9-4-8(6)10(12(14)15)11(9)13(16)18-5-17-3/h9-13,15-16H,6-8H2,1-5H3;8-15H,6-7H2,1-5H3,(H,18,19);7-13H,5-6H2,1-4H3,(H,16,17);7-12H,6H2,1-5H3,(H,16,17);7-12H,4-6H2,1-3H3,(H,15,16);6-11H,4-5H2,1-3H3,(H,14,15). The topological polar surface area (TPSA) is 434 Å². The highest BCUT2D eigenvalue weighted by Gasteiger charge is 2.67. The van der Waals surface area contributed by atoms with Crippen LogP contribution in [0.4, 0.5) is 0 Å². The van der Waals surface area contributed by atoms with Crippen LogP contribution >= 0.6 is 0 Å². The van der Waals surface area contributed by atoms with Crippen LogP contribution in [0, 0.1) is 219 Å². The van der Waals surface area contributed by atoms with Crippen molar-refractivity contribution in [1.82, 2.24) is 0 Å². The predicted molar refractivity (Wildman–Crippen MR) is 441 cm³/mol. The molecule has 12 bridgehead atoms. The fraction of sp³-hybridized carbons (Fsp3) is 0.860. The SMILES string of the molecule is CC(C)COC(C)OC(=O)C1C2CC(C(C)C2C)C1C(=O)O.CC1C(C)C2CC1C(C(=O)O)C2C(=O)OC(C)(C)C.CC1C(C)C2CC1C(C(=O)OC1COC(=O)C1)C2C(=O)OC(C)(C)C.CCOC(C)OC(=O)C1C2CC(C(C)C2C)C1C(=O)O.CCOCOC(=O)C1C2CC(C(C)C2C)C1C(=O)O.COCOC(=O)C1C2CC(C(C)C2C)C1C(=O)O. The van der Waals surface area contributed by atoms with Gasteiger partial charge in [-0.05, 0) is 256 Å². The maximum atomic E-state index is 12.8. The summed E-state index contributed by atoms with van der Waals surface area (Å²) >= 11 is 0. The highest BCUT2D eigenvalue weighted by molar-refractivity contribution is 5.87. The summed E-state index contributed by atoms with van der Waals surface area (Å²) in [5.74, 6) is -7.53. The van der Waals surface area contributed by atoms with Gasteiger partial charge in [-0.3, -0.25) is 62.3 Å². The third kappa shape index (κ3) is 22.2. The van der Waals surface area contributed by atoms with Gasteiger partial charge in [-0.1, -0.05) is 96.9 Å². The first kappa shape index (κ1) is 101. The van der Waals surface area contributed by atoms with Crippen molar-refractivity contribution in [2.75, 3.05) is 47.1 Å². The highest BCUT2D eigenvalue weighted by Crippen LogP contribution is 2.64. The Kier molecular flexibility index (Phi) is 34.4. The lowest BCUT2D eigenvalue weighted by Gasteiger charge is -2.37. The zero-order valence-electron chi connectivity index (χ0n) is 77.2. The van der Waals surface area contributed by atoms with Crippen LogP contribution < -0.4 is 0 Å². The molecule has 12 saturated carbocycles. The average molecular weight is 1740 g/mol. The molecule has 123 heavy (non-hydrogen) atoms. The minimum Gasteiger partial charge on any atom is -0.481 e. The van der Waals surface area contributed by atoms with Crippen LogP contribution in [-0.2, 0) is 119 Å². The minimum absolute atomic E-state index is 0.0838. The summed E-state index contributed by atoms with van der Waals surface area (Å²) in [6.45, 7) is 48.7. The van der Waals surface area contributed by atoms with Crippen molar-refractivity contribution in [2.45, 2.75) is 241 Å². The zero-order chi connectivity index (χ0) is 92.3. The fourth-order valence-electron chi connectivity index (χ4n) is 25.1. The molecule has 1 saturated heterocycles. The maximum Gasteiger partial charge on any atom is 0.312 e. The summed E-state index contributed by atoms with van der Waals surface area (Å²) < 4.78 is 62.5. The molecule has 0 aromatic heterocycles. The lowest BCUT2D eigenvalue weighted by Crippen LogP contribution is -2.44. The summed E-state index contributed by atoms with van der Waals surface area (Å²) in [6.07, 6.45) is 3.31. The Hall–Kier alpha value is -7.05. The molecule has 698 valence electrons. The molecule has 13 fully saturated rings. The Labute approximate surface area is 726 Å². The molecular weight excluding hydrogens is 1600 g/mol. The normalized spacial score (nSPS) is 40.3. The van der Waals surface area contributed by atoms with Gasteiger partial charge in [-0.2, -0.15) is 0 Å².